The van der Waals surface area contributed by atoms with Crippen molar-refractivity contribution in [3.63, 3.8) is 0 Å². The third kappa shape index (κ3) is 4.54. The van der Waals surface area contributed by atoms with Crippen LogP contribution in [0.5, 0.6) is 0 Å². The van der Waals surface area contributed by atoms with Gasteiger partial charge in [0, 0.05) is 6.54 Å². The maximum atomic E-state index is 14.5. The van der Waals surface area contributed by atoms with E-state index in [1.54, 1.807) is 12.1 Å². The number of hydrogen-bond donors (Lipinski definition) is 1. The van der Waals surface area contributed by atoms with Gasteiger partial charge in [0.05, 0.1) is 5.56 Å². The summed E-state index contributed by atoms with van der Waals surface area (Å²) in [5, 5.41) is 0. The Hall–Kier alpha value is -2.38. The van der Waals surface area contributed by atoms with E-state index in [4.69, 9.17) is 5.73 Å². The van der Waals surface area contributed by atoms with Crippen molar-refractivity contribution in [1.29, 1.82) is 0 Å². The Balaban J connectivity index is 2.44. The van der Waals surface area contributed by atoms with Crippen LogP contribution in [0.4, 0.5) is 10.2 Å². The first-order valence-corrected chi connectivity index (χ1v) is 7.61. The Morgan fingerprint density at radius 2 is 1.91 bits per heavy atom. The van der Waals surface area contributed by atoms with Crippen LogP contribution in [0.2, 0.25) is 0 Å². The monoisotopic (exact) mass is 311 g/mol. The predicted octanol–water partition coefficient (Wildman–Crippen LogP) is 3.14. The average molecular weight is 311 g/mol. The smallest absolute Gasteiger partial charge is 0.142 e. The van der Waals surface area contributed by atoms with Crippen LogP contribution in [-0.4, -0.2) is 24.0 Å². The lowest BCUT2D eigenvalue weighted by Gasteiger charge is -2.12. The van der Waals surface area contributed by atoms with Crippen LogP contribution in [0.1, 0.15) is 34.9 Å². The van der Waals surface area contributed by atoms with Gasteiger partial charge in [-0.05, 0) is 68.2 Å². The van der Waals surface area contributed by atoms with E-state index in [1.165, 1.54) is 0 Å². The molecule has 1 aromatic carbocycles. The van der Waals surface area contributed by atoms with Crippen molar-refractivity contribution in [3.05, 3.63) is 58.0 Å². The highest BCUT2D eigenvalue weighted by atomic mass is 19.1. The minimum atomic E-state index is -0.247. The van der Waals surface area contributed by atoms with Crippen molar-refractivity contribution in [3.8, 4) is 11.8 Å². The van der Waals surface area contributed by atoms with Crippen LogP contribution >= 0.6 is 0 Å². The maximum absolute atomic E-state index is 14.5. The molecule has 0 saturated carbocycles. The fourth-order valence-electron chi connectivity index (χ4n) is 2.44. The molecule has 0 aliphatic rings. The van der Waals surface area contributed by atoms with Crippen molar-refractivity contribution in [1.82, 2.24) is 9.88 Å². The van der Waals surface area contributed by atoms with Gasteiger partial charge in [0.1, 0.15) is 17.3 Å². The lowest BCUT2D eigenvalue weighted by Crippen LogP contribution is -2.11. The second kappa shape index (κ2) is 7.26. The Morgan fingerprint density at radius 1 is 1.17 bits per heavy atom. The van der Waals surface area contributed by atoms with Gasteiger partial charge < -0.3 is 10.6 Å². The van der Waals surface area contributed by atoms with Gasteiger partial charge in [0.25, 0.3) is 0 Å². The zero-order chi connectivity index (χ0) is 17.0. The fourth-order valence-corrected chi connectivity index (χ4v) is 2.44. The maximum Gasteiger partial charge on any atom is 0.142 e. The van der Waals surface area contributed by atoms with E-state index in [2.05, 4.69) is 16.8 Å². The molecule has 1 heterocycles. The topological polar surface area (TPSA) is 42.1 Å². The molecule has 3 nitrogen and oxygen atoms in total. The molecular formula is C19H22FN3. The second-order valence-corrected chi connectivity index (χ2v) is 5.91. The van der Waals surface area contributed by atoms with E-state index in [9.17, 15) is 4.39 Å². The molecule has 1 aromatic heterocycles. The van der Waals surface area contributed by atoms with Gasteiger partial charge in [0.2, 0.25) is 0 Å². The Labute approximate surface area is 137 Å². The van der Waals surface area contributed by atoms with Gasteiger partial charge in [-0.2, -0.15) is 0 Å². The summed E-state index contributed by atoms with van der Waals surface area (Å²) in [6.07, 6.45) is 0.636. The molecule has 0 fully saturated rings. The molecule has 0 saturated heterocycles. The number of nitrogen functional groups attached to an aromatic ring is 1. The first kappa shape index (κ1) is 17.0. The minimum absolute atomic E-state index is 0.247. The lowest BCUT2D eigenvalue weighted by molar-refractivity contribution is 0.402. The molecular weight excluding hydrogens is 289 g/mol. The summed E-state index contributed by atoms with van der Waals surface area (Å²) in [6, 6.07) is 7.33. The van der Waals surface area contributed by atoms with Crippen molar-refractivity contribution in [2.24, 2.45) is 0 Å². The van der Waals surface area contributed by atoms with Crippen LogP contribution in [0, 0.1) is 24.6 Å². The van der Waals surface area contributed by atoms with Gasteiger partial charge in [-0.1, -0.05) is 18.9 Å². The molecule has 4 heteroatoms. The number of rotatable bonds is 3. The molecule has 23 heavy (non-hydrogen) atoms. The van der Waals surface area contributed by atoms with Crippen molar-refractivity contribution in [2.45, 2.75) is 26.8 Å². The standard InChI is InChI=1S/C19H22FN3/c1-5-15-10-14(12-23(3)4)11-16(19(15)20)6-7-17-8-13(2)9-18(21)22-17/h8-11H,5,12H2,1-4H3,(H2,21,22). The van der Waals surface area contributed by atoms with Crippen LogP contribution in [0.15, 0.2) is 24.3 Å². The third-order valence-electron chi connectivity index (χ3n) is 3.40. The number of anilines is 1. The third-order valence-corrected chi connectivity index (χ3v) is 3.40. The molecule has 0 unspecified atom stereocenters. The zero-order valence-corrected chi connectivity index (χ0v) is 14.1. The molecule has 0 bridgehead atoms. The van der Waals surface area contributed by atoms with Crippen molar-refractivity contribution in [2.75, 3.05) is 19.8 Å². The molecule has 0 atom stereocenters. The second-order valence-electron chi connectivity index (χ2n) is 5.91. The number of aryl methyl sites for hydroxylation is 2. The Kier molecular flexibility index (Phi) is 5.36. The van der Waals surface area contributed by atoms with Crippen molar-refractivity contribution >= 4 is 5.82 Å². The van der Waals surface area contributed by atoms with Crippen LogP contribution < -0.4 is 5.73 Å². The Bertz CT molecular complexity index is 750. The Morgan fingerprint density at radius 3 is 2.52 bits per heavy atom. The summed E-state index contributed by atoms with van der Waals surface area (Å²) < 4.78 is 14.5. The van der Waals surface area contributed by atoms with Crippen LogP contribution in [-0.2, 0) is 13.0 Å². The minimum Gasteiger partial charge on any atom is -0.384 e. The van der Waals surface area contributed by atoms with Gasteiger partial charge in [-0.25, -0.2) is 9.37 Å². The highest BCUT2D eigenvalue weighted by Gasteiger charge is 2.09. The summed E-state index contributed by atoms with van der Waals surface area (Å²) >= 11 is 0. The summed E-state index contributed by atoms with van der Waals surface area (Å²) in [7, 11) is 3.97. The predicted molar refractivity (Wildman–Crippen MR) is 92.5 cm³/mol. The molecule has 0 radical (unpaired) electrons. The van der Waals surface area contributed by atoms with E-state index in [0.717, 1.165) is 17.7 Å². The summed E-state index contributed by atoms with van der Waals surface area (Å²) in [5.74, 6) is 6.01. The summed E-state index contributed by atoms with van der Waals surface area (Å²) in [6.45, 7) is 4.62. The highest BCUT2D eigenvalue weighted by molar-refractivity contribution is 5.47. The number of hydrogen-bond acceptors (Lipinski definition) is 3. The van der Waals surface area contributed by atoms with Crippen LogP contribution in [0.25, 0.3) is 0 Å². The highest BCUT2D eigenvalue weighted by Crippen LogP contribution is 2.17. The molecule has 2 N–H and O–H groups in total. The normalized spacial score (nSPS) is 10.5. The largest absolute Gasteiger partial charge is 0.384 e. The lowest BCUT2D eigenvalue weighted by atomic mass is 10.0. The SMILES string of the molecule is CCc1cc(CN(C)C)cc(C#Cc2cc(C)cc(N)n2)c1F. The van der Waals surface area contributed by atoms with Gasteiger partial charge in [-0.3, -0.25) is 0 Å². The fraction of sp³-hybridized carbons (Fsp3) is 0.316. The van der Waals surface area contributed by atoms with E-state index in [-0.39, 0.29) is 5.82 Å². The van der Waals surface area contributed by atoms with E-state index in [0.29, 0.717) is 29.1 Å². The van der Waals surface area contributed by atoms with Gasteiger partial charge in [-0.15, -0.1) is 0 Å². The number of halogens is 1. The van der Waals surface area contributed by atoms with E-state index < -0.39 is 0 Å². The summed E-state index contributed by atoms with van der Waals surface area (Å²) in [4.78, 5) is 6.21. The molecule has 0 aliphatic heterocycles. The molecule has 0 aliphatic carbocycles. The number of pyridine rings is 1. The number of nitrogens with zero attached hydrogens (tertiary/aromatic N) is 2. The zero-order valence-electron chi connectivity index (χ0n) is 14.1. The molecule has 0 spiro atoms. The number of nitrogens with two attached hydrogens (primary N) is 1. The summed E-state index contributed by atoms with van der Waals surface area (Å²) in [5.41, 5.74) is 9.40. The molecule has 120 valence electrons. The number of benzene rings is 1. The van der Waals surface area contributed by atoms with Gasteiger partial charge in [0.15, 0.2) is 0 Å². The van der Waals surface area contributed by atoms with Crippen molar-refractivity contribution < 1.29 is 4.39 Å². The van der Waals surface area contributed by atoms with Gasteiger partial charge >= 0.3 is 0 Å². The quantitative estimate of drug-likeness (QED) is 0.886. The first-order valence-electron chi connectivity index (χ1n) is 7.61. The average Bonchev–Trinajstić information content (AvgIpc) is 2.46. The first-order chi connectivity index (χ1) is 10.9. The van der Waals surface area contributed by atoms with Crippen LogP contribution in [0.3, 0.4) is 0 Å². The molecule has 2 aromatic rings. The molecule has 2 rings (SSSR count). The molecule has 0 amide bonds. The van der Waals surface area contributed by atoms with E-state index >= 15 is 0 Å². The van der Waals surface area contributed by atoms with E-state index in [1.807, 2.05) is 45.0 Å². The number of aromatic nitrogens is 1.